The maximum Gasteiger partial charge on any atom is 0.275 e. The number of hydrogen-bond acceptors (Lipinski definition) is 3. The van der Waals surface area contributed by atoms with Crippen LogP contribution in [0.3, 0.4) is 0 Å². The van der Waals surface area contributed by atoms with Gasteiger partial charge in [0.05, 0.1) is 10.1 Å². The smallest absolute Gasteiger partial charge is 0.273 e. The van der Waals surface area contributed by atoms with E-state index in [0.717, 1.165) is 17.5 Å². The Morgan fingerprint density at radius 2 is 1.44 bits per heavy atom. The Labute approximate surface area is 155 Å². The largest absolute Gasteiger partial charge is 0.275 e. The van der Waals surface area contributed by atoms with E-state index in [2.05, 4.69) is 6.92 Å². The van der Waals surface area contributed by atoms with Crippen LogP contribution in [0.25, 0.3) is 10.1 Å². The van der Waals surface area contributed by atoms with E-state index in [9.17, 15) is 9.59 Å². The lowest BCUT2D eigenvalue weighted by molar-refractivity contribution is 0.0908. The van der Waals surface area contributed by atoms with Gasteiger partial charge >= 0.3 is 0 Å². The molecule has 1 aromatic heterocycles. The molecular formula is C21H31NO2S. The van der Waals surface area contributed by atoms with Crippen molar-refractivity contribution in [2.24, 2.45) is 0 Å². The minimum atomic E-state index is -0.159. The molecule has 0 aliphatic heterocycles. The third-order valence-corrected chi connectivity index (χ3v) is 5.82. The van der Waals surface area contributed by atoms with Gasteiger partial charge in [0.1, 0.15) is 0 Å². The minimum Gasteiger partial charge on any atom is -0.273 e. The Kier molecular flexibility index (Phi) is 8.95. The first-order valence-electron chi connectivity index (χ1n) is 9.88. The fraction of sp³-hybridized carbons (Fsp3) is 0.619. The monoisotopic (exact) mass is 361 g/mol. The van der Waals surface area contributed by atoms with E-state index in [1.165, 1.54) is 73.3 Å². The van der Waals surface area contributed by atoms with Crippen molar-refractivity contribution >= 4 is 27.5 Å². The Hall–Kier alpha value is -1.42. The van der Waals surface area contributed by atoms with Gasteiger partial charge in [0, 0.05) is 6.42 Å². The number of carbonyl (C=O) groups excluding carboxylic acids is 1. The highest BCUT2D eigenvalue weighted by atomic mass is 32.1. The molecule has 25 heavy (non-hydrogen) atoms. The van der Waals surface area contributed by atoms with Gasteiger partial charge in [0.25, 0.3) is 5.56 Å². The number of rotatable bonds is 12. The van der Waals surface area contributed by atoms with E-state index in [1.807, 2.05) is 18.2 Å². The number of benzene rings is 1. The van der Waals surface area contributed by atoms with Crippen LogP contribution in [0.2, 0.25) is 0 Å². The summed E-state index contributed by atoms with van der Waals surface area (Å²) >= 11 is 1.27. The van der Waals surface area contributed by atoms with Gasteiger partial charge in [-0.25, -0.2) is 0 Å². The van der Waals surface area contributed by atoms with Crippen LogP contribution < -0.4 is 5.56 Å². The molecule has 0 radical (unpaired) electrons. The fourth-order valence-electron chi connectivity index (χ4n) is 3.18. The average Bonchev–Trinajstić information content (AvgIpc) is 2.97. The van der Waals surface area contributed by atoms with Gasteiger partial charge in [-0.3, -0.25) is 9.59 Å². The van der Waals surface area contributed by atoms with Crippen molar-refractivity contribution in [1.82, 2.24) is 3.96 Å². The summed E-state index contributed by atoms with van der Waals surface area (Å²) in [5.41, 5.74) is -0.159. The molecule has 0 aliphatic carbocycles. The number of unbranched alkanes of at least 4 members (excludes halogenated alkanes) is 10. The molecule has 4 heteroatoms. The predicted molar refractivity (Wildman–Crippen MR) is 108 cm³/mol. The van der Waals surface area contributed by atoms with Crippen molar-refractivity contribution in [3.63, 3.8) is 0 Å². The number of carbonyl (C=O) groups is 1. The summed E-state index contributed by atoms with van der Waals surface area (Å²) in [5, 5.41) is 0.653. The molecule has 0 N–H and O–H groups in total. The van der Waals surface area contributed by atoms with Gasteiger partial charge in [0.15, 0.2) is 0 Å². The summed E-state index contributed by atoms with van der Waals surface area (Å²) in [6, 6.07) is 7.43. The topological polar surface area (TPSA) is 39.1 Å². The molecule has 2 aromatic rings. The van der Waals surface area contributed by atoms with Crippen LogP contribution in [0, 0.1) is 0 Å². The quantitative estimate of drug-likeness (QED) is 0.410. The Morgan fingerprint density at radius 3 is 2.04 bits per heavy atom. The highest BCUT2D eigenvalue weighted by Gasteiger charge is 2.12. The van der Waals surface area contributed by atoms with Gasteiger partial charge in [-0.15, -0.1) is 0 Å². The Bertz CT molecular complexity index is 701. The van der Waals surface area contributed by atoms with E-state index in [0.29, 0.717) is 11.8 Å². The van der Waals surface area contributed by atoms with Gasteiger partial charge < -0.3 is 0 Å². The fourth-order valence-corrected chi connectivity index (χ4v) is 4.14. The molecule has 0 unspecified atom stereocenters. The van der Waals surface area contributed by atoms with Crippen LogP contribution in [-0.4, -0.2) is 9.86 Å². The minimum absolute atomic E-state index is 0.0536. The SMILES string of the molecule is CCCCCCCCCCCCCC(=O)n1sc2ccccc2c1=O. The van der Waals surface area contributed by atoms with Crippen molar-refractivity contribution < 1.29 is 4.79 Å². The van der Waals surface area contributed by atoms with Crippen molar-refractivity contribution in [2.45, 2.75) is 84.0 Å². The zero-order chi connectivity index (χ0) is 17.9. The second-order valence-corrected chi connectivity index (χ2v) is 7.85. The van der Waals surface area contributed by atoms with Crippen LogP contribution >= 0.6 is 11.5 Å². The van der Waals surface area contributed by atoms with Crippen LogP contribution in [0.1, 0.15) is 88.8 Å². The first kappa shape index (κ1) is 19.9. The highest BCUT2D eigenvalue weighted by Crippen LogP contribution is 2.17. The molecule has 3 nitrogen and oxygen atoms in total. The van der Waals surface area contributed by atoms with E-state index in [1.54, 1.807) is 6.07 Å². The maximum absolute atomic E-state index is 12.3. The lowest BCUT2D eigenvalue weighted by atomic mass is 10.1. The molecule has 138 valence electrons. The molecule has 0 aliphatic rings. The summed E-state index contributed by atoms with van der Waals surface area (Å²) in [6.07, 6.45) is 14.4. The molecule has 2 rings (SSSR count). The van der Waals surface area contributed by atoms with Gasteiger partial charge in [-0.2, -0.15) is 3.96 Å². The number of aromatic nitrogens is 1. The average molecular weight is 362 g/mol. The second-order valence-electron chi connectivity index (χ2n) is 6.87. The van der Waals surface area contributed by atoms with E-state index in [4.69, 9.17) is 0 Å². The molecule has 0 spiro atoms. The highest BCUT2D eigenvalue weighted by molar-refractivity contribution is 7.14. The lowest BCUT2D eigenvalue weighted by Gasteiger charge is -2.02. The molecule has 0 atom stereocenters. The van der Waals surface area contributed by atoms with Crippen LogP contribution in [0.4, 0.5) is 0 Å². The van der Waals surface area contributed by atoms with Gasteiger partial charge in [0.2, 0.25) is 5.91 Å². The second kappa shape index (κ2) is 11.2. The Balaban J connectivity index is 1.58. The van der Waals surface area contributed by atoms with E-state index < -0.39 is 0 Å². The maximum atomic E-state index is 12.3. The van der Waals surface area contributed by atoms with Crippen molar-refractivity contribution in [1.29, 1.82) is 0 Å². The molecule has 0 saturated carbocycles. The van der Waals surface area contributed by atoms with Gasteiger partial charge in [-0.05, 0) is 30.1 Å². The van der Waals surface area contributed by atoms with Crippen molar-refractivity contribution in [3.05, 3.63) is 34.6 Å². The molecule has 0 amide bonds. The molecule has 0 saturated heterocycles. The molecule has 0 fully saturated rings. The normalized spacial score (nSPS) is 11.2. The van der Waals surface area contributed by atoms with E-state index >= 15 is 0 Å². The first-order chi connectivity index (χ1) is 12.2. The van der Waals surface area contributed by atoms with Gasteiger partial charge in [-0.1, -0.05) is 83.3 Å². The molecule has 0 bridgehead atoms. The van der Waals surface area contributed by atoms with Crippen LogP contribution in [0.15, 0.2) is 29.1 Å². The summed E-state index contributed by atoms with van der Waals surface area (Å²) < 4.78 is 2.22. The number of hydrogen-bond donors (Lipinski definition) is 0. The van der Waals surface area contributed by atoms with Crippen molar-refractivity contribution in [2.75, 3.05) is 0 Å². The van der Waals surface area contributed by atoms with Crippen LogP contribution in [-0.2, 0) is 0 Å². The third kappa shape index (κ3) is 6.43. The first-order valence-corrected chi connectivity index (χ1v) is 10.7. The zero-order valence-corrected chi connectivity index (χ0v) is 16.3. The van der Waals surface area contributed by atoms with E-state index in [-0.39, 0.29) is 11.5 Å². The molecule has 1 aromatic carbocycles. The Morgan fingerprint density at radius 1 is 0.880 bits per heavy atom. The number of nitrogens with zero attached hydrogens (tertiary/aromatic N) is 1. The van der Waals surface area contributed by atoms with Crippen LogP contribution in [0.5, 0.6) is 0 Å². The lowest BCUT2D eigenvalue weighted by Crippen LogP contribution is -2.20. The summed E-state index contributed by atoms with van der Waals surface area (Å²) in [4.78, 5) is 24.5. The standard InChI is InChI=1S/C21H31NO2S/c1-2-3-4-5-6-7-8-9-10-11-12-17-20(23)22-21(24)18-15-13-14-16-19(18)25-22/h13-16H,2-12,17H2,1H3. The summed E-state index contributed by atoms with van der Waals surface area (Å²) in [5.74, 6) is -0.0536. The predicted octanol–water partition coefficient (Wildman–Crippen LogP) is 6.40. The molecule has 1 heterocycles. The number of fused-ring (bicyclic) bond motifs is 1. The zero-order valence-electron chi connectivity index (χ0n) is 15.5. The molecular weight excluding hydrogens is 330 g/mol. The summed E-state index contributed by atoms with van der Waals surface area (Å²) in [7, 11) is 0. The third-order valence-electron chi connectivity index (χ3n) is 4.71. The van der Waals surface area contributed by atoms with Crippen molar-refractivity contribution in [3.8, 4) is 0 Å². The summed E-state index contributed by atoms with van der Waals surface area (Å²) in [6.45, 7) is 2.25.